The van der Waals surface area contributed by atoms with Gasteiger partial charge in [-0.05, 0) is 43.7 Å². The van der Waals surface area contributed by atoms with Gasteiger partial charge in [-0.3, -0.25) is 25.4 Å². The van der Waals surface area contributed by atoms with Crippen LogP contribution in [0.5, 0.6) is 5.75 Å². The van der Waals surface area contributed by atoms with Crippen LogP contribution >= 0.6 is 0 Å². The van der Waals surface area contributed by atoms with Gasteiger partial charge in [0.05, 0.1) is 5.56 Å². The fraction of sp³-hybridized carbons (Fsp3) is 0.188. The Kier molecular flexibility index (Phi) is 5.08. The van der Waals surface area contributed by atoms with E-state index < -0.39 is 11.8 Å². The number of nitrogens with one attached hydrogen (secondary N) is 2. The summed E-state index contributed by atoms with van der Waals surface area (Å²) in [5, 5.41) is 0. The number of hydrazine groups is 1. The van der Waals surface area contributed by atoms with E-state index in [-0.39, 0.29) is 6.61 Å². The van der Waals surface area contributed by atoms with Gasteiger partial charge in [-0.1, -0.05) is 12.1 Å². The van der Waals surface area contributed by atoms with Crippen molar-refractivity contribution in [1.29, 1.82) is 0 Å². The molecule has 6 heteroatoms. The summed E-state index contributed by atoms with van der Waals surface area (Å²) in [6, 6.07) is 10.7. The summed E-state index contributed by atoms with van der Waals surface area (Å²) in [6.45, 7) is 3.57. The molecule has 0 saturated carbocycles. The smallest absolute Gasteiger partial charge is 0.276 e. The number of amides is 2. The van der Waals surface area contributed by atoms with Gasteiger partial charge < -0.3 is 4.74 Å². The van der Waals surface area contributed by atoms with Crippen LogP contribution < -0.4 is 15.6 Å². The largest absolute Gasteiger partial charge is 0.484 e. The molecular weight excluding hydrogens is 282 g/mol. The number of hydrogen-bond donors (Lipinski definition) is 2. The number of carbonyl (C=O) groups is 2. The van der Waals surface area contributed by atoms with Crippen LogP contribution in [0, 0.1) is 13.8 Å². The molecule has 2 rings (SSSR count). The van der Waals surface area contributed by atoms with Gasteiger partial charge in [-0.2, -0.15) is 0 Å². The van der Waals surface area contributed by atoms with E-state index in [0.29, 0.717) is 11.3 Å². The summed E-state index contributed by atoms with van der Waals surface area (Å²) >= 11 is 0. The number of aryl methyl sites for hydroxylation is 2. The van der Waals surface area contributed by atoms with E-state index in [9.17, 15) is 9.59 Å². The zero-order valence-corrected chi connectivity index (χ0v) is 12.4. The van der Waals surface area contributed by atoms with Gasteiger partial charge in [0.25, 0.3) is 11.8 Å². The molecule has 0 saturated heterocycles. The SMILES string of the molecule is Cc1cccc(OCC(=O)NNC(=O)c2ccc(C)nc2)c1. The molecule has 0 radical (unpaired) electrons. The number of nitrogens with zero attached hydrogens (tertiary/aromatic N) is 1. The first-order valence-corrected chi connectivity index (χ1v) is 6.76. The Bertz CT molecular complexity index is 669. The molecule has 114 valence electrons. The number of aromatic nitrogens is 1. The summed E-state index contributed by atoms with van der Waals surface area (Å²) in [7, 11) is 0. The maximum absolute atomic E-state index is 11.8. The van der Waals surface area contributed by atoms with Crippen LogP contribution in [0.2, 0.25) is 0 Å². The van der Waals surface area contributed by atoms with Gasteiger partial charge in [-0.15, -0.1) is 0 Å². The topological polar surface area (TPSA) is 80.3 Å². The van der Waals surface area contributed by atoms with Crippen molar-refractivity contribution < 1.29 is 14.3 Å². The molecule has 0 fully saturated rings. The molecule has 2 amide bonds. The van der Waals surface area contributed by atoms with E-state index in [0.717, 1.165) is 11.3 Å². The van der Waals surface area contributed by atoms with Gasteiger partial charge in [0.1, 0.15) is 5.75 Å². The van der Waals surface area contributed by atoms with Crippen LogP contribution in [0.4, 0.5) is 0 Å². The summed E-state index contributed by atoms with van der Waals surface area (Å²) in [4.78, 5) is 27.4. The molecule has 6 nitrogen and oxygen atoms in total. The van der Waals surface area contributed by atoms with Gasteiger partial charge >= 0.3 is 0 Å². The predicted molar refractivity (Wildman–Crippen MR) is 81.3 cm³/mol. The lowest BCUT2D eigenvalue weighted by Crippen LogP contribution is -2.43. The molecule has 0 spiro atoms. The Morgan fingerprint density at radius 1 is 1.14 bits per heavy atom. The zero-order valence-electron chi connectivity index (χ0n) is 12.4. The third kappa shape index (κ3) is 4.59. The van der Waals surface area contributed by atoms with Crippen molar-refractivity contribution in [2.24, 2.45) is 0 Å². The maximum atomic E-state index is 11.8. The fourth-order valence-electron chi connectivity index (χ4n) is 1.69. The molecule has 0 aliphatic carbocycles. The molecule has 1 aromatic carbocycles. The molecule has 0 bridgehead atoms. The minimum atomic E-state index is -0.449. The Labute approximate surface area is 128 Å². The monoisotopic (exact) mass is 299 g/mol. The highest BCUT2D eigenvalue weighted by Gasteiger charge is 2.08. The summed E-state index contributed by atoms with van der Waals surface area (Å²) in [5.41, 5.74) is 6.81. The molecule has 0 aliphatic heterocycles. The number of benzene rings is 1. The van der Waals surface area contributed by atoms with E-state index in [1.54, 1.807) is 18.2 Å². The number of hydrogen-bond acceptors (Lipinski definition) is 4. The lowest BCUT2D eigenvalue weighted by molar-refractivity contribution is -0.123. The van der Waals surface area contributed by atoms with Gasteiger partial charge in [-0.25, -0.2) is 0 Å². The molecule has 22 heavy (non-hydrogen) atoms. The van der Waals surface area contributed by atoms with Crippen molar-refractivity contribution in [2.75, 3.05) is 6.61 Å². The van der Waals surface area contributed by atoms with Crippen molar-refractivity contribution in [3.8, 4) is 5.75 Å². The number of ether oxygens (including phenoxy) is 1. The zero-order chi connectivity index (χ0) is 15.9. The number of pyridine rings is 1. The lowest BCUT2D eigenvalue weighted by Gasteiger charge is -2.09. The van der Waals surface area contributed by atoms with Crippen LogP contribution in [-0.2, 0) is 4.79 Å². The standard InChI is InChI=1S/C16H17N3O3/c1-11-4-3-5-14(8-11)22-10-15(20)18-19-16(21)13-7-6-12(2)17-9-13/h3-9H,10H2,1-2H3,(H,18,20)(H,19,21). The second-order valence-corrected chi connectivity index (χ2v) is 4.80. The Morgan fingerprint density at radius 2 is 1.95 bits per heavy atom. The minimum Gasteiger partial charge on any atom is -0.484 e. The van der Waals surface area contributed by atoms with E-state index in [1.807, 2.05) is 32.0 Å². The first-order valence-electron chi connectivity index (χ1n) is 6.76. The Morgan fingerprint density at radius 3 is 2.64 bits per heavy atom. The van der Waals surface area contributed by atoms with Crippen molar-refractivity contribution in [2.45, 2.75) is 13.8 Å². The summed E-state index contributed by atoms with van der Waals surface area (Å²) < 4.78 is 5.33. The predicted octanol–water partition coefficient (Wildman–Crippen LogP) is 1.54. The highest BCUT2D eigenvalue weighted by atomic mass is 16.5. The average Bonchev–Trinajstić information content (AvgIpc) is 2.51. The van der Waals surface area contributed by atoms with Crippen molar-refractivity contribution in [3.05, 3.63) is 59.4 Å². The van der Waals surface area contributed by atoms with Gasteiger partial charge in [0.15, 0.2) is 6.61 Å². The van der Waals surface area contributed by atoms with E-state index in [4.69, 9.17) is 4.74 Å². The minimum absolute atomic E-state index is 0.185. The number of rotatable bonds is 4. The van der Waals surface area contributed by atoms with E-state index >= 15 is 0 Å². The average molecular weight is 299 g/mol. The third-order valence-electron chi connectivity index (χ3n) is 2.85. The normalized spacial score (nSPS) is 9.91. The Hall–Kier alpha value is -2.89. The maximum Gasteiger partial charge on any atom is 0.276 e. The molecular formula is C16H17N3O3. The van der Waals surface area contributed by atoms with Crippen molar-refractivity contribution in [1.82, 2.24) is 15.8 Å². The first kappa shape index (κ1) is 15.5. The fourth-order valence-corrected chi connectivity index (χ4v) is 1.69. The highest BCUT2D eigenvalue weighted by Crippen LogP contribution is 2.11. The van der Waals surface area contributed by atoms with Gasteiger partial charge in [0, 0.05) is 11.9 Å². The number of carbonyl (C=O) groups excluding carboxylic acids is 2. The van der Waals surface area contributed by atoms with E-state index in [2.05, 4.69) is 15.8 Å². The Balaban J connectivity index is 1.78. The van der Waals surface area contributed by atoms with Crippen LogP contribution in [0.15, 0.2) is 42.6 Å². The lowest BCUT2D eigenvalue weighted by atomic mass is 10.2. The summed E-state index contributed by atoms with van der Waals surface area (Å²) in [5.74, 6) is -0.282. The first-order chi connectivity index (χ1) is 10.5. The molecule has 0 aliphatic rings. The highest BCUT2D eigenvalue weighted by molar-refractivity contribution is 5.95. The second kappa shape index (κ2) is 7.21. The molecule has 0 unspecified atom stereocenters. The molecule has 0 atom stereocenters. The van der Waals surface area contributed by atoms with Crippen LogP contribution in [-0.4, -0.2) is 23.4 Å². The molecule has 2 aromatic rings. The van der Waals surface area contributed by atoms with Crippen molar-refractivity contribution in [3.63, 3.8) is 0 Å². The van der Waals surface area contributed by atoms with Gasteiger partial charge in [0.2, 0.25) is 0 Å². The van der Waals surface area contributed by atoms with Crippen LogP contribution in [0.25, 0.3) is 0 Å². The molecule has 1 heterocycles. The second-order valence-electron chi connectivity index (χ2n) is 4.80. The quantitative estimate of drug-likeness (QED) is 0.839. The van der Waals surface area contributed by atoms with Crippen LogP contribution in [0.3, 0.4) is 0 Å². The third-order valence-corrected chi connectivity index (χ3v) is 2.85. The van der Waals surface area contributed by atoms with Crippen LogP contribution in [0.1, 0.15) is 21.6 Å². The van der Waals surface area contributed by atoms with Crippen molar-refractivity contribution >= 4 is 11.8 Å². The molecule has 1 aromatic heterocycles. The summed E-state index contributed by atoms with van der Waals surface area (Å²) in [6.07, 6.45) is 1.44. The van der Waals surface area contributed by atoms with E-state index in [1.165, 1.54) is 6.20 Å². The molecule has 2 N–H and O–H groups in total.